The van der Waals surface area contributed by atoms with E-state index in [4.69, 9.17) is 27.9 Å². The van der Waals surface area contributed by atoms with Gasteiger partial charge >= 0.3 is 5.69 Å². The van der Waals surface area contributed by atoms with Gasteiger partial charge in [-0.2, -0.15) is 4.39 Å². The fourth-order valence-corrected chi connectivity index (χ4v) is 2.33. The second-order valence-corrected chi connectivity index (χ2v) is 4.86. The van der Waals surface area contributed by atoms with Crippen molar-refractivity contribution in [1.29, 1.82) is 0 Å². The predicted molar refractivity (Wildman–Crippen MR) is 78.4 cm³/mol. The van der Waals surface area contributed by atoms with E-state index in [0.29, 0.717) is 21.9 Å². The van der Waals surface area contributed by atoms with Crippen LogP contribution in [0.2, 0.25) is 5.02 Å². The highest BCUT2D eigenvalue weighted by Gasteiger charge is 2.14. The molecule has 0 amide bonds. The number of nitro benzene ring substituents is 1. The van der Waals surface area contributed by atoms with Crippen LogP contribution in [-0.2, 0) is 12.5 Å². The largest absolute Gasteiger partial charge is 0.489 e. The van der Waals surface area contributed by atoms with Crippen LogP contribution in [0, 0.1) is 15.9 Å². The van der Waals surface area contributed by atoms with Crippen LogP contribution in [0.15, 0.2) is 36.4 Å². The molecule has 0 saturated carbocycles. The van der Waals surface area contributed by atoms with Crippen LogP contribution in [0.3, 0.4) is 0 Å². The smallest absolute Gasteiger partial charge is 0.304 e. The molecule has 0 N–H and O–H groups in total. The third-order valence-corrected chi connectivity index (χ3v) is 3.43. The van der Waals surface area contributed by atoms with E-state index in [-0.39, 0.29) is 12.5 Å². The summed E-state index contributed by atoms with van der Waals surface area (Å²) < 4.78 is 19.0. The first-order chi connectivity index (χ1) is 10.0. The normalized spacial score (nSPS) is 10.4. The molecule has 21 heavy (non-hydrogen) atoms. The molecular weight excluding hydrogens is 320 g/mol. The summed E-state index contributed by atoms with van der Waals surface area (Å²) in [6.07, 6.45) is 0. The molecule has 0 aliphatic rings. The van der Waals surface area contributed by atoms with Gasteiger partial charge in [-0.1, -0.05) is 17.7 Å². The van der Waals surface area contributed by atoms with Gasteiger partial charge in [-0.25, -0.2) is 0 Å². The first kappa shape index (κ1) is 15.5. The summed E-state index contributed by atoms with van der Waals surface area (Å²) >= 11 is 11.8. The Bertz CT molecular complexity index is 679. The van der Waals surface area contributed by atoms with E-state index in [2.05, 4.69) is 0 Å². The van der Waals surface area contributed by atoms with E-state index in [1.165, 1.54) is 6.07 Å². The van der Waals surface area contributed by atoms with Crippen molar-refractivity contribution in [1.82, 2.24) is 0 Å². The molecule has 0 aliphatic heterocycles. The van der Waals surface area contributed by atoms with Crippen molar-refractivity contribution in [3.63, 3.8) is 0 Å². The van der Waals surface area contributed by atoms with Crippen molar-refractivity contribution in [3.05, 3.63) is 68.5 Å². The minimum Gasteiger partial charge on any atom is -0.489 e. The second kappa shape index (κ2) is 6.74. The molecule has 4 nitrogen and oxygen atoms in total. The third-order valence-electron chi connectivity index (χ3n) is 2.81. The minimum absolute atomic E-state index is 0.0547. The van der Waals surface area contributed by atoms with E-state index in [9.17, 15) is 14.5 Å². The Kier molecular flexibility index (Phi) is 4.98. The summed E-state index contributed by atoms with van der Waals surface area (Å²) in [5.41, 5.74) is 0.546. The molecule has 0 atom stereocenters. The van der Waals surface area contributed by atoms with Crippen molar-refractivity contribution in [2.45, 2.75) is 12.5 Å². The fourth-order valence-electron chi connectivity index (χ4n) is 1.75. The van der Waals surface area contributed by atoms with Crippen molar-refractivity contribution in [2.75, 3.05) is 0 Å². The highest BCUT2D eigenvalue weighted by Crippen LogP contribution is 2.29. The van der Waals surface area contributed by atoms with Gasteiger partial charge in [-0.15, -0.1) is 11.6 Å². The lowest BCUT2D eigenvalue weighted by molar-refractivity contribution is -0.387. The van der Waals surface area contributed by atoms with Crippen LogP contribution in [0.4, 0.5) is 10.1 Å². The highest BCUT2D eigenvalue weighted by atomic mass is 35.5. The van der Waals surface area contributed by atoms with Crippen molar-refractivity contribution in [3.8, 4) is 5.75 Å². The average molecular weight is 330 g/mol. The van der Waals surface area contributed by atoms with Gasteiger partial charge in [0.15, 0.2) is 0 Å². The maximum absolute atomic E-state index is 13.5. The number of benzene rings is 2. The molecule has 0 aromatic heterocycles. The number of hydrogen-bond acceptors (Lipinski definition) is 3. The molecule has 0 aliphatic carbocycles. The number of halogens is 3. The lowest BCUT2D eigenvalue weighted by atomic mass is 10.2. The molecule has 2 aromatic carbocycles. The minimum atomic E-state index is -0.898. The first-order valence-electron chi connectivity index (χ1n) is 5.92. The second-order valence-electron chi connectivity index (χ2n) is 4.18. The molecule has 0 spiro atoms. The number of nitro groups is 1. The Morgan fingerprint density at radius 2 is 2.05 bits per heavy atom. The van der Waals surface area contributed by atoms with E-state index in [1.807, 2.05) is 0 Å². The van der Waals surface area contributed by atoms with E-state index < -0.39 is 16.4 Å². The Hall–Kier alpha value is -1.85. The maximum atomic E-state index is 13.5. The van der Waals surface area contributed by atoms with Gasteiger partial charge < -0.3 is 4.74 Å². The maximum Gasteiger partial charge on any atom is 0.304 e. The highest BCUT2D eigenvalue weighted by molar-refractivity contribution is 6.32. The van der Waals surface area contributed by atoms with Crippen LogP contribution in [0.5, 0.6) is 5.75 Å². The zero-order valence-electron chi connectivity index (χ0n) is 10.7. The van der Waals surface area contributed by atoms with Gasteiger partial charge in [0, 0.05) is 16.7 Å². The summed E-state index contributed by atoms with van der Waals surface area (Å²) in [6.45, 7) is 0.0547. The standard InChI is InChI=1S/C14H10Cl2FNO3/c15-7-10-11(16)2-1-3-14(10)21-8-9-4-5-13(18(19)20)12(17)6-9/h1-6H,7-8H2. The fraction of sp³-hybridized carbons (Fsp3) is 0.143. The Morgan fingerprint density at radius 3 is 2.67 bits per heavy atom. The van der Waals surface area contributed by atoms with Gasteiger partial charge in [0.25, 0.3) is 0 Å². The van der Waals surface area contributed by atoms with Crippen LogP contribution in [0.1, 0.15) is 11.1 Å². The molecule has 0 fully saturated rings. The predicted octanol–water partition coefficient (Wildman–Crippen LogP) is 4.71. The monoisotopic (exact) mass is 329 g/mol. The number of alkyl halides is 1. The number of nitrogens with zero attached hydrogens (tertiary/aromatic N) is 1. The molecule has 2 aromatic rings. The molecule has 0 unspecified atom stereocenters. The summed E-state index contributed by atoms with van der Waals surface area (Å²) in [7, 11) is 0. The lowest BCUT2D eigenvalue weighted by Gasteiger charge is -2.11. The molecular formula is C14H10Cl2FNO3. The zero-order chi connectivity index (χ0) is 15.4. The number of hydrogen-bond donors (Lipinski definition) is 0. The zero-order valence-corrected chi connectivity index (χ0v) is 12.2. The first-order valence-corrected chi connectivity index (χ1v) is 6.83. The summed E-state index contributed by atoms with van der Waals surface area (Å²) in [6, 6.07) is 8.72. The van der Waals surface area contributed by atoms with Crippen LogP contribution >= 0.6 is 23.2 Å². The molecule has 110 valence electrons. The van der Waals surface area contributed by atoms with Gasteiger partial charge in [-0.05, 0) is 29.8 Å². The molecule has 0 radical (unpaired) electrons. The molecule has 0 bridgehead atoms. The third kappa shape index (κ3) is 3.62. The van der Waals surface area contributed by atoms with Crippen LogP contribution < -0.4 is 4.74 Å². The van der Waals surface area contributed by atoms with Gasteiger partial charge in [0.05, 0.1) is 10.8 Å². The number of ether oxygens (including phenoxy) is 1. The van der Waals surface area contributed by atoms with Crippen LogP contribution in [-0.4, -0.2) is 4.92 Å². The molecule has 2 rings (SSSR count). The van der Waals surface area contributed by atoms with Crippen molar-refractivity contribution in [2.24, 2.45) is 0 Å². The quantitative estimate of drug-likeness (QED) is 0.453. The number of rotatable bonds is 5. The summed E-state index contributed by atoms with van der Waals surface area (Å²) in [4.78, 5) is 9.76. The Balaban J connectivity index is 2.15. The van der Waals surface area contributed by atoms with Gasteiger partial charge in [0.1, 0.15) is 12.4 Å². The van der Waals surface area contributed by atoms with Gasteiger partial charge in [0.2, 0.25) is 5.82 Å². The summed E-state index contributed by atoms with van der Waals surface area (Å²) in [5.74, 6) is -0.218. The van der Waals surface area contributed by atoms with E-state index >= 15 is 0 Å². The van der Waals surface area contributed by atoms with E-state index in [0.717, 1.165) is 12.1 Å². The van der Waals surface area contributed by atoms with Crippen LogP contribution in [0.25, 0.3) is 0 Å². The van der Waals surface area contributed by atoms with E-state index in [1.54, 1.807) is 18.2 Å². The average Bonchev–Trinajstić information content (AvgIpc) is 2.44. The molecule has 0 saturated heterocycles. The molecule has 0 heterocycles. The van der Waals surface area contributed by atoms with Gasteiger partial charge in [-0.3, -0.25) is 10.1 Å². The Labute approximate surface area is 130 Å². The van der Waals surface area contributed by atoms with Crippen molar-refractivity contribution >= 4 is 28.9 Å². The molecule has 7 heteroatoms. The lowest BCUT2D eigenvalue weighted by Crippen LogP contribution is -2.00. The topological polar surface area (TPSA) is 52.4 Å². The summed E-state index contributed by atoms with van der Waals surface area (Å²) in [5, 5.41) is 11.0. The van der Waals surface area contributed by atoms with Crippen molar-refractivity contribution < 1.29 is 14.1 Å². The SMILES string of the molecule is O=[N+]([O-])c1ccc(COc2cccc(Cl)c2CCl)cc1F. The Morgan fingerprint density at radius 1 is 1.29 bits per heavy atom.